The van der Waals surface area contributed by atoms with Crippen LogP contribution < -0.4 is 15.8 Å². The van der Waals surface area contributed by atoms with Gasteiger partial charge in [0.25, 0.3) is 0 Å². The molecule has 4 heteroatoms. The molecule has 0 radical (unpaired) electrons. The zero-order chi connectivity index (χ0) is 15.3. The molecule has 1 saturated carbocycles. The lowest BCUT2D eigenvalue weighted by atomic mass is 9.77. The second kappa shape index (κ2) is 6.94. The molecule has 1 aromatic rings. The van der Waals surface area contributed by atoms with Gasteiger partial charge in [-0.25, -0.2) is 0 Å². The minimum atomic E-state index is -0.314. The first-order chi connectivity index (χ1) is 10.0. The summed E-state index contributed by atoms with van der Waals surface area (Å²) in [6, 6.07) is 7.45. The molecule has 0 heterocycles. The molecule has 0 saturated heterocycles. The van der Waals surface area contributed by atoms with Gasteiger partial charge >= 0.3 is 0 Å². The molecule has 0 spiro atoms. The van der Waals surface area contributed by atoms with Crippen molar-refractivity contribution in [3.8, 4) is 5.75 Å². The van der Waals surface area contributed by atoms with Crippen LogP contribution in [0.25, 0.3) is 0 Å². The number of benzene rings is 1. The third-order valence-electron chi connectivity index (χ3n) is 4.46. The maximum atomic E-state index is 12.5. The van der Waals surface area contributed by atoms with E-state index < -0.39 is 0 Å². The van der Waals surface area contributed by atoms with E-state index in [1.54, 1.807) is 0 Å². The Kier molecular flexibility index (Phi) is 5.23. The highest BCUT2D eigenvalue weighted by Crippen LogP contribution is 2.40. The van der Waals surface area contributed by atoms with E-state index in [0.29, 0.717) is 19.1 Å². The molecule has 1 amide bonds. The van der Waals surface area contributed by atoms with Crippen molar-refractivity contribution in [3.63, 3.8) is 0 Å². The van der Waals surface area contributed by atoms with Gasteiger partial charge in [0.05, 0.1) is 0 Å². The van der Waals surface area contributed by atoms with Gasteiger partial charge in [-0.2, -0.15) is 0 Å². The van der Waals surface area contributed by atoms with Gasteiger partial charge < -0.3 is 15.8 Å². The number of anilines is 1. The van der Waals surface area contributed by atoms with Crippen LogP contribution >= 0.6 is 0 Å². The monoisotopic (exact) mass is 290 g/mol. The summed E-state index contributed by atoms with van der Waals surface area (Å²) in [6.07, 6.45) is 4.81. The number of nitrogens with two attached hydrogens (primary N) is 1. The molecule has 1 aliphatic rings. The van der Waals surface area contributed by atoms with Crippen LogP contribution in [0.4, 0.5) is 5.69 Å². The van der Waals surface area contributed by atoms with E-state index in [-0.39, 0.29) is 11.3 Å². The Labute approximate surface area is 127 Å². The van der Waals surface area contributed by atoms with Gasteiger partial charge in [0.2, 0.25) is 5.91 Å². The van der Waals surface area contributed by atoms with Crippen molar-refractivity contribution in [1.29, 1.82) is 0 Å². The average molecular weight is 290 g/mol. The highest BCUT2D eigenvalue weighted by Gasteiger charge is 2.38. The normalized spacial score (nSPS) is 16.0. The van der Waals surface area contributed by atoms with Crippen molar-refractivity contribution >= 4 is 11.6 Å². The van der Waals surface area contributed by atoms with Crippen molar-refractivity contribution in [2.75, 3.05) is 18.5 Å². The zero-order valence-corrected chi connectivity index (χ0v) is 13.0. The van der Waals surface area contributed by atoms with Crippen molar-refractivity contribution in [2.45, 2.75) is 39.5 Å². The molecule has 2 rings (SSSR count). The van der Waals surface area contributed by atoms with Gasteiger partial charge in [-0.3, -0.25) is 4.79 Å². The first kappa shape index (κ1) is 15.8. The van der Waals surface area contributed by atoms with Crippen molar-refractivity contribution in [1.82, 2.24) is 0 Å². The maximum Gasteiger partial charge on any atom is 0.230 e. The molecule has 1 aliphatic carbocycles. The van der Waals surface area contributed by atoms with Crippen LogP contribution in [0.2, 0.25) is 0 Å². The van der Waals surface area contributed by atoms with Crippen LogP contribution in [-0.2, 0) is 4.79 Å². The number of carbonyl (C=O) groups is 1. The fraction of sp³-hybridized carbons (Fsp3) is 0.588. The van der Waals surface area contributed by atoms with Crippen LogP contribution in [0.3, 0.4) is 0 Å². The molecule has 4 nitrogen and oxygen atoms in total. The lowest BCUT2D eigenvalue weighted by Crippen LogP contribution is -2.36. The summed E-state index contributed by atoms with van der Waals surface area (Å²) in [5, 5.41) is 3.02. The third-order valence-corrected chi connectivity index (χ3v) is 4.46. The molecular formula is C17H26N2O2. The van der Waals surface area contributed by atoms with Gasteiger partial charge in [-0.1, -0.05) is 26.7 Å². The summed E-state index contributed by atoms with van der Waals surface area (Å²) in [5.74, 6) is 1.36. The third kappa shape index (κ3) is 3.97. The second-order valence-electron chi connectivity index (χ2n) is 6.32. The molecule has 0 unspecified atom stereocenters. The van der Waals surface area contributed by atoms with Crippen LogP contribution in [0, 0.1) is 11.3 Å². The highest BCUT2D eigenvalue weighted by atomic mass is 16.5. The molecule has 1 fully saturated rings. The predicted octanol–water partition coefficient (Wildman–Crippen LogP) is 3.18. The minimum absolute atomic E-state index is 0.102. The fourth-order valence-corrected chi connectivity index (χ4v) is 2.94. The number of hydrogen-bond donors (Lipinski definition) is 2. The van der Waals surface area contributed by atoms with Crippen molar-refractivity contribution in [3.05, 3.63) is 24.3 Å². The van der Waals surface area contributed by atoms with E-state index in [4.69, 9.17) is 10.5 Å². The smallest absolute Gasteiger partial charge is 0.230 e. The van der Waals surface area contributed by atoms with Crippen molar-refractivity contribution < 1.29 is 9.53 Å². The number of nitrogens with one attached hydrogen (secondary N) is 1. The molecule has 0 atom stereocenters. The number of hydrogen-bond acceptors (Lipinski definition) is 3. The van der Waals surface area contributed by atoms with Crippen LogP contribution in [-0.4, -0.2) is 19.1 Å². The Morgan fingerprint density at radius 1 is 1.29 bits per heavy atom. The first-order valence-electron chi connectivity index (χ1n) is 7.78. The molecule has 116 valence electrons. The summed E-state index contributed by atoms with van der Waals surface area (Å²) in [6.45, 7) is 5.10. The molecule has 3 N–H and O–H groups in total. The number of carbonyl (C=O) groups excluding carboxylic acids is 1. The molecule has 1 aromatic carbocycles. The quantitative estimate of drug-likeness (QED) is 0.845. The standard InChI is InChI=1S/C17H26N2O2/c1-17(2,13-5-3-4-6-13)16(20)19-14-7-9-15(10-8-14)21-12-11-18/h7-10,13H,3-6,11-12,18H2,1-2H3,(H,19,20). The molecule has 0 aliphatic heterocycles. The Hall–Kier alpha value is -1.55. The Morgan fingerprint density at radius 2 is 1.90 bits per heavy atom. The van der Waals surface area contributed by atoms with E-state index in [2.05, 4.69) is 19.2 Å². The summed E-state index contributed by atoms with van der Waals surface area (Å²) >= 11 is 0. The van der Waals surface area contributed by atoms with E-state index in [9.17, 15) is 4.79 Å². The summed E-state index contributed by atoms with van der Waals surface area (Å²) < 4.78 is 5.43. The number of amides is 1. The van der Waals surface area contributed by atoms with Gasteiger partial charge in [0, 0.05) is 17.6 Å². The van der Waals surface area contributed by atoms with Crippen LogP contribution in [0.15, 0.2) is 24.3 Å². The lowest BCUT2D eigenvalue weighted by molar-refractivity contribution is -0.126. The average Bonchev–Trinajstić information content (AvgIpc) is 3.01. The molecule has 0 aromatic heterocycles. The summed E-state index contributed by atoms with van der Waals surface area (Å²) in [5.41, 5.74) is 5.89. The van der Waals surface area contributed by atoms with Crippen LogP contribution in [0.5, 0.6) is 5.75 Å². The van der Waals surface area contributed by atoms with Gasteiger partial charge in [0.1, 0.15) is 12.4 Å². The molecular weight excluding hydrogens is 264 g/mol. The summed E-state index contributed by atoms with van der Waals surface area (Å²) in [7, 11) is 0. The Bertz CT molecular complexity index is 462. The van der Waals surface area contributed by atoms with E-state index >= 15 is 0 Å². The Balaban J connectivity index is 1.95. The highest BCUT2D eigenvalue weighted by molar-refractivity contribution is 5.95. The van der Waals surface area contributed by atoms with Crippen molar-refractivity contribution in [2.24, 2.45) is 17.1 Å². The Morgan fingerprint density at radius 3 is 2.48 bits per heavy atom. The second-order valence-corrected chi connectivity index (χ2v) is 6.32. The van der Waals surface area contributed by atoms with E-state index in [1.165, 1.54) is 12.8 Å². The maximum absolute atomic E-state index is 12.5. The number of rotatable bonds is 6. The molecule has 21 heavy (non-hydrogen) atoms. The fourth-order valence-electron chi connectivity index (χ4n) is 2.94. The van der Waals surface area contributed by atoms with Gasteiger partial charge in [-0.15, -0.1) is 0 Å². The van der Waals surface area contributed by atoms with Crippen LogP contribution in [0.1, 0.15) is 39.5 Å². The predicted molar refractivity (Wildman–Crippen MR) is 85.4 cm³/mol. The van der Waals surface area contributed by atoms with E-state index in [0.717, 1.165) is 24.3 Å². The SMILES string of the molecule is CC(C)(C(=O)Nc1ccc(OCCN)cc1)C1CCCC1. The molecule has 0 bridgehead atoms. The zero-order valence-electron chi connectivity index (χ0n) is 13.0. The lowest BCUT2D eigenvalue weighted by Gasteiger charge is -2.30. The summed E-state index contributed by atoms with van der Waals surface area (Å²) in [4.78, 5) is 12.5. The topological polar surface area (TPSA) is 64.3 Å². The largest absolute Gasteiger partial charge is 0.492 e. The van der Waals surface area contributed by atoms with Gasteiger partial charge in [0.15, 0.2) is 0 Å². The van der Waals surface area contributed by atoms with E-state index in [1.807, 2.05) is 24.3 Å². The van der Waals surface area contributed by atoms with Gasteiger partial charge in [-0.05, 0) is 43.0 Å². The number of ether oxygens (including phenoxy) is 1. The first-order valence-corrected chi connectivity index (χ1v) is 7.78. The minimum Gasteiger partial charge on any atom is -0.492 e.